The number of carbonyl (C=O) groups excluding carboxylic acids is 4. The number of rotatable bonds is 40. The summed E-state index contributed by atoms with van der Waals surface area (Å²) in [6.45, 7) is 8.78. The normalized spacial score (nSPS) is 12.0. The number of hydrogen-bond donors (Lipinski definition) is 0. The Kier molecular flexibility index (Phi) is 37.5. The Morgan fingerprint density at radius 1 is 0.370 bits per heavy atom. The highest BCUT2D eigenvalue weighted by atomic mass is 127. The number of esters is 4. The fourth-order valence-corrected chi connectivity index (χ4v) is 7.06. The van der Waals surface area contributed by atoms with Crippen LogP contribution in [-0.2, 0) is 38.1 Å². The smallest absolute Gasteiger partial charge is 0.352 e. The van der Waals surface area contributed by atoms with Crippen LogP contribution >= 0.6 is 22.6 Å². The van der Waals surface area contributed by atoms with Crippen LogP contribution in [0.2, 0.25) is 0 Å². The molecule has 0 saturated carbocycles. The SMILES string of the molecule is CCCCCCCCCCC(=O)OC(OC(=O)CCCCCCCCCC)(OC(=O)CCCCCCCCCC)OC(=O)C(I)CCCCCCCCC. The number of ether oxygens (including phenoxy) is 4. The van der Waals surface area contributed by atoms with Crippen molar-refractivity contribution in [3.05, 3.63) is 0 Å². The predicted octanol–water partition coefficient (Wildman–Crippen LogP) is 14.3. The van der Waals surface area contributed by atoms with Gasteiger partial charge in [-0.1, -0.05) is 230 Å². The fourth-order valence-electron chi connectivity index (χ4n) is 6.49. The first-order valence-corrected chi connectivity index (χ1v) is 24.0. The number of halogens is 1. The minimum absolute atomic E-state index is 0.0329. The number of alkyl halides is 1. The Hall–Kier alpha value is -1.39. The molecule has 0 bridgehead atoms. The van der Waals surface area contributed by atoms with Gasteiger partial charge in [0.1, 0.15) is 3.92 Å². The van der Waals surface area contributed by atoms with Gasteiger partial charge in [-0.05, 0) is 25.7 Å². The van der Waals surface area contributed by atoms with Crippen LogP contribution < -0.4 is 0 Å². The van der Waals surface area contributed by atoms with Crippen LogP contribution in [-0.4, -0.2) is 34.0 Å². The predicted molar refractivity (Wildman–Crippen MR) is 229 cm³/mol. The Morgan fingerprint density at radius 2 is 0.611 bits per heavy atom. The third-order valence-electron chi connectivity index (χ3n) is 9.96. The minimum Gasteiger partial charge on any atom is -0.352 e. The summed E-state index contributed by atoms with van der Waals surface area (Å²) in [5, 5.41) is 0. The van der Waals surface area contributed by atoms with Gasteiger partial charge in [0.2, 0.25) is 0 Å². The van der Waals surface area contributed by atoms with Crippen LogP contribution in [0.5, 0.6) is 0 Å². The zero-order chi connectivity index (χ0) is 40.0. The van der Waals surface area contributed by atoms with E-state index in [0.717, 1.165) is 77.0 Å². The Labute approximate surface area is 345 Å². The van der Waals surface area contributed by atoms with Crippen molar-refractivity contribution in [3.8, 4) is 0 Å². The van der Waals surface area contributed by atoms with Gasteiger partial charge in [0.15, 0.2) is 0 Å². The second-order valence-corrected chi connectivity index (χ2v) is 16.9. The van der Waals surface area contributed by atoms with Crippen molar-refractivity contribution < 1.29 is 38.1 Å². The quantitative estimate of drug-likeness (QED) is 0.0197. The zero-order valence-corrected chi connectivity index (χ0v) is 37.6. The number of hydrogen-bond acceptors (Lipinski definition) is 8. The Bertz CT molecular complexity index is 827. The second kappa shape index (κ2) is 38.5. The topological polar surface area (TPSA) is 105 Å². The first-order valence-electron chi connectivity index (χ1n) is 22.8. The van der Waals surface area contributed by atoms with Crippen molar-refractivity contribution in [2.75, 3.05) is 0 Å². The van der Waals surface area contributed by atoms with E-state index in [-0.39, 0.29) is 19.3 Å². The first-order chi connectivity index (χ1) is 26.2. The number of carbonyl (C=O) groups is 4. The first kappa shape index (κ1) is 52.6. The highest BCUT2D eigenvalue weighted by molar-refractivity contribution is 14.1. The van der Waals surface area contributed by atoms with Crippen LogP contribution in [0.25, 0.3) is 0 Å². The summed E-state index contributed by atoms with van der Waals surface area (Å²) in [4.78, 5) is 53.4. The molecule has 0 aliphatic heterocycles. The van der Waals surface area contributed by atoms with Crippen LogP contribution in [0.1, 0.15) is 252 Å². The average molecular weight is 879 g/mol. The van der Waals surface area contributed by atoms with Gasteiger partial charge in [-0.25, -0.2) is 0 Å². The zero-order valence-electron chi connectivity index (χ0n) is 35.5. The van der Waals surface area contributed by atoms with Crippen molar-refractivity contribution in [2.45, 2.75) is 263 Å². The van der Waals surface area contributed by atoms with E-state index >= 15 is 0 Å². The van der Waals surface area contributed by atoms with Crippen LogP contribution in [0.15, 0.2) is 0 Å². The molecule has 0 aliphatic rings. The molecule has 0 saturated heterocycles. The summed E-state index contributed by atoms with van der Waals surface area (Å²) in [5.74, 6) is -2.93. The molecule has 0 amide bonds. The van der Waals surface area contributed by atoms with Gasteiger partial charge in [-0.3, -0.25) is 19.2 Å². The van der Waals surface area contributed by atoms with E-state index in [2.05, 4.69) is 27.7 Å². The van der Waals surface area contributed by atoms with Crippen molar-refractivity contribution in [2.24, 2.45) is 0 Å². The highest BCUT2D eigenvalue weighted by Crippen LogP contribution is 2.27. The summed E-state index contributed by atoms with van der Waals surface area (Å²) in [5.41, 5.74) is 0. The molecular formula is C45H83IO8. The maximum Gasteiger partial charge on any atom is 0.619 e. The lowest BCUT2D eigenvalue weighted by Gasteiger charge is -2.29. The summed E-state index contributed by atoms with van der Waals surface area (Å²) in [6.07, 6.45) is 30.6. The van der Waals surface area contributed by atoms with Gasteiger partial charge in [-0.2, -0.15) is 0 Å². The molecule has 0 rings (SSSR count). The molecule has 0 aliphatic carbocycles. The van der Waals surface area contributed by atoms with Gasteiger partial charge in [0.05, 0.1) is 0 Å². The molecular weight excluding hydrogens is 795 g/mol. The lowest BCUT2D eigenvalue weighted by atomic mass is 10.1. The molecule has 0 aromatic carbocycles. The lowest BCUT2D eigenvalue weighted by Crippen LogP contribution is -2.49. The van der Waals surface area contributed by atoms with Gasteiger partial charge in [0, 0.05) is 19.3 Å². The van der Waals surface area contributed by atoms with E-state index in [9.17, 15) is 19.2 Å². The van der Waals surface area contributed by atoms with Crippen LogP contribution in [0, 0.1) is 0 Å². The Balaban J connectivity index is 5.68. The Morgan fingerprint density at radius 3 is 0.889 bits per heavy atom. The molecule has 0 aromatic rings. The van der Waals surface area contributed by atoms with E-state index < -0.39 is 34.0 Å². The average Bonchev–Trinajstić information content (AvgIpc) is 3.14. The summed E-state index contributed by atoms with van der Waals surface area (Å²) < 4.78 is 22.0. The molecule has 0 aromatic heterocycles. The molecule has 0 fully saturated rings. The molecule has 0 radical (unpaired) electrons. The maximum atomic E-state index is 13.5. The second-order valence-electron chi connectivity index (χ2n) is 15.4. The summed E-state index contributed by atoms with van der Waals surface area (Å²) in [7, 11) is 0. The molecule has 1 atom stereocenters. The molecule has 0 spiro atoms. The van der Waals surface area contributed by atoms with E-state index in [4.69, 9.17) is 18.9 Å². The van der Waals surface area contributed by atoms with E-state index in [1.807, 2.05) is 22.6 Å². The molecule has 1 unspecified atom stereocenters. The van der Waals surface area contributed by atoms with Crippen molar-refractivity contribution >= 4 is 46.5 Å². The molecule has 318 valence electrons. The molecule has 9 heteroatoms. The van der Waals surface area contributed by atoms with E-state index in [1.54, 1.807) is 0 Å². The van der Waals surface area contributed by atoms with Crippen molar-refractivity contribution in [3.63, 3.8) is 0 Å². The third-order valence-corrected chi connectivity index (χ3v) is 11.1. The molecule has 0 N–H and O–H groups in total. The van der Waals surface area contributed by atoms with Gasteiger partial charge < -0.3 is 18.9 Å². The minimum atomic E-state index is -2.87. The van der Waals surface area contributed by atoms with E-state index in [1.165, 1.54) is 103 Å². The van der Waals surface area contributed by atoms with Crippen molar-refractivity contribution in [1.29, 1.82) is 0 Å². The van der Waals surface area contributed by atoms with E-state index in [0.29, 0.717) is 25.7 Å². The largest absolute Gasteiger partial charge is 0.619 e. The van der Waals surface area contributed by atoms with Gasteiger partial charge >= 0.3 is 30.0 Å². The van der Waals surface area contributed by atoms with Crippen molar-refractivity contribution in [1.82, 2.24) is 0 Å². The number of unbranched alkanes of at least 4 members (excludes halogenated alkanes) is 27. The lowest BCUT2D eigenvalue weighted by molar-refractivity contribution is -0.432. The fraction of sp³-hybridized carbons (Fsp3) is 0.911. The summed E-state index contributed by atoms with van der Waals surface area (Å²) in [6, 6.07) is 0. The standard InChI is InChI=1S/C45H83IO8/c1-5-9-13-17-21-25-29-33-37-41(47)51-45(52-42(48)38-34-30-26-22-18-14-10-6-2,53-43(49)39-35-31-27-23-19-15-11-7-3)54-44(50)40(46)36-32-28-24-20-16-12-8-4/h40H,5-39H2,1-4H3. The monoisotopic (exact) mass is 879 g/mol. The molecule has 54 heavy (non-hydrogen) atoms. The van der Waals surface area contributed by atoms with Crippen LogP contribution in [0.3, 0.4) is 0 Å². The third kappa shape index (κ3) is 32.8. The van der Waals surface area contributed by atoms with Crippen LogP contribution in [0.4, 0.5) is 0 Å². The highest BCUT2D eigenvalue weighted by Gasteiger charge is 2.50. The maximum absolute atomic E-state index is 13.5. The summed E-state index contributed by atoms with van der Waals surface area (Å²) >= 11 is 2.02. The molecule has 8 nitrogen and oxygen atoms in total. The molecule has 0 heterocycles. The van der Waals surface area contributed by atoms with Gasteiger partial charge in [-0.15, -0.1) is 0 Å². The van der Waals surface area contributed by atoms with Gasteiger partial charge in [0.25, 0.3) is 0 Å².